The standard InChI is InChI=1S/C23H22FN5OS/c1-2-3-13-25-20(30)15-31-23-18-14-26-29(16-9-5-4-6-10-16)22(18)27-21(28-23)17-11-7-8-12-19(17)24/h4-12,14H,2-3,13,15H2,1H3,(H,25,30). The highest BCUT2D eigenvalue weighted by atomic mass is 32.2. The van der Waals surface area contributed by atoms with Gasteiger partial charge in [-0.15, -0.1) is 0 Å². The first-order valence-corrected chi connectivity index (χ1v) is 11.1. The summed E-state index contributed by atoms with van der Waals surface area (Å²) in [5.41, 5.74) is 1.71. The average Bonchev–Trinajstić information content (AvgIpc) is 3.23. The second-order valence-corrected chi connectivity index (χ2v) is 7.92. The fraction of sp³-hybridized carbons (Fsp3) is 0.217. The van der Waals surface area contributed by atoms with Gasteiger partial charge in [0.1, 0.15) is 10.8 Å². The molecule has 8 heteroatoms. The topological polar surface area (TPSA) is 72.7 Å². The quantitative estimate of drug-likeness (QED) is 0.248. The number of hydrogen-bond acceptors (Lipinski definition) is 5. The smallest absolute Gasteiger partial charge is 0.230 e. The van der Waals surface area contributed by atoms with Crippen LogP contribution in [-0.2, 0) is 4.79 Å². The number of para-hydroxylation sites is 1. The van der Waals surface area contributed by atoms with Crippen molar-refractivity contribution in [3.63, 3.8) is 0 Å². The number of halogens is 1. The van der Waals surface area contributed by atoms with Crippen LogP contribution in [0.25, 0.3) is 28.1 Å². The molecular formula is C23H22FN5OS. The van der Waals surface area contributed by atoms with E-state index in [0.717, 1.165) is 23.9 Å². The van der Waals surface area contributed by atoms with Crippen molar-refractivity contribution in [1.82, 2.24) is 25.1 Å². The van der Waals surface area contributed by atoms with Gasteiger partial charge in [-0.05, 0) is 30.7 Å². The van der Waals surface area contributed by atoms with Crippen LogP contribution in [0, 0.1) is 5.82 Å². The Morgan fingerprint density at radius 2 is 1.87 bits per heavy atom. The van der Waals surface area contributed by atoms with Gasteiger partial charge >= 0.3 is 0 Å². The van der Waals surface area contributed by atoms with E-state index in [9.17, 15) is 9.18 Å². The molecule has 0 saturated heterocycles. The van der Waals surface area contributed by atoms with E-state index in [4.69, 9.17) is 0 Å². The highest BCUT2D eigenvalue weighted by molar-refractivity contribution is 8.00. The summed E-state index contributed by atoms with van der Waals surface area (Å²) in [7, 11) is 0. The largest absolute Gasteiger partial charge is 0.355 e. The zero-order valence-electron chi connectivity index (χ0n) is 17.1. The Morgan fingerprint density at radius 3 is 2.65 bits per heavy atom. The molecule has 4 rings (SSSR count). The van der Waals surface area contributed by atoms with Crippen molar-refractivity contribution in [2.75, 3.05) is 12.3 Å². The number of amides is 1. The number of unbranched alkanes of at least 4 members (excludes halogenated alkanes) is 1. The third kappa shape index (κ3) is 4.74. The van der Waals surface area contributed by atoms with Gasteiger partial charge in [0.05, 0.1) is 28.6 Å². The number of nitrogens with zero attached hydrogens (tertiary/aromatic N) is 4. The third-order valence-corrected chi connectivity index (χ3v) is 5.69. The molecule has 2 aromatic heterocycles. The van der Waals surface area contributed by atoms with Crippen molar-refractivity contribution in [3.8, 4) is 17.1 Å². The van der Waals surface area contributed by atoms with Crippen LogP contribution in [0.2, 0.25) is 0 Å². The summed E-state index contributed by atoms with van der Waals surface area (Å²) in [4.78, 5) is 21.4. The Hall–Kier alpha value is -3.26. The second-order valence-electron chi connectivity index (χ2n) is 6.95. The maximum atomic E-state index is 14.5. The highest BCUT2D eigenvalue weighted by Gasteiger charge is 2.18. The molecule has 2 heterocycles. The van der Waals surface area contributed by atoms with Crippen molar-refractivity contribution in [2.45, 2.75) is 24.8 Å². The van der Waals surface area contributed by atoms with Gasteiger partial charge in [0.2, 0.25) is 5.91 Å². The van der Waals surface area contributed by atoms with E-state index in [1.165, 1.54) is 17.8 Å². The first-order valence-electron chi connectivity index (χ1n) is 10.1. The Balaban J connectivity index is 1.74. The molecular weight excluding hydrogens is 413 g/mol. The summed E-state index contributed by atoms with van der Waals surface area (Å²) in [6.07, 6.45) is 3.64. The maximum Gasteiger partial charge on any atom is 0.230 e. The van der Waals surface area contributed by atoms with Crippen LogP contribution in [0.5, 0.6) is 0 Å². The van der Waals surface area contributed by atoms with E-state index in [2.05, 4.69) is 27.3 Å². The SMILES string of the molecule is CCCCNC(=O)CSc1nc(-c2ccccc2F)nc2c1cnn2-c1ccccc1. The van der Waals surface area contributed by atoms with Gasteiger partial charge in [-0.1, -0.05) is 55.4 Å². The number of hydrogen-bond donors (Lipinski definition) is 1. The van der Waals surface area contributed by atoms with Crippen molar-refractivity contribution in [3.05, 3.63) is 66.6 Å². The van der Waals surface area contributed by atoms with Gasteiger partial charge in [-0.25, -0.2) is 19.0 Å². The van der Waals surface area contributed by atoms with Gasteiger partial charge in [0, 0.05) is 6.54 Å². The Kier molecular flexibility index (Phi) is 6.57. The molecule has 0 spiro atoms. The number of benzene rings is 2. The average molecular weight is 436 g/mol. The fourth-order valence-electron chi connectivity index (χ4n) is 3.10. The minimum absolute atomic E-state index is 0.0619. The minimum atomic E-state index is -0.402. The van der Waals surface area contributed by atoms with Gasteiger partial charge in [0.25, 0.3) is 0 Å². The normalized spacial score (nSPS) is 11.0. The molecule has 6 nitrogen and oxygen atoms in total. The first kappa shape index (κ1) is 21.0. The number of carbonyl (C=O) groups is 1. The second kappa shape index (κ2) is 9.70. The monoisotopic (exact) mass is 435 g/mol. The van der Waals surface area contributed by atoms with Crippen molar-refractivity contribution < 1.29 is 9.18 Å². The highest BCUT2D eigenvalue weighted by Crippen LogP contribution is 2.30. The van der Waals surface area contributed by atoms with Crippen molar-refractivity contribution in [1.29, 1.82) is 0 Å². The van der Waals surface area contributed by atoms with E-state index in [1.807, 2.05) is 30.3 Å². The van der Waals surface area contributed by atoms with Crippen LogP contribution in [0.15, 0.2) is 65.8 Å². The van der Waals surface area contributed by atoms with Crippen LogP contribution >= 0.6 is 11.8 Å². The zero-order valence-corrected chi connectivity index (χ0v) is 17.9. The van der Waals surface area contributed by atoms with Crippen LogP contribution in [0.3, 0.4) is 0 Å². The third-order valence-electron chi connectivity index (χ3n) is 4.70. The van der Waals surface area contributed by atoms with Gasteiger partial charge < -0.3 is 5.32 Å². The Bertz CT molecular complexity index is 1200. The molecule has 1 N–H and O–H groups in total. The predicted molar refractivity (Wildman–Crippen MR) is 121 cm³/mol. The lowest BCUT2D eigenvalue weighted by Gasteiger charge is -2.09. The summed E-state index contributed by atoms with van der Waals surface area (Å²) in [6, 6.07) is 16.0. The number of aromatic nitrogens is 4. The number of fused-ring (bicyclic) bond motifs is 1. The molecule has 4 aromatic rings. The number of nitrogens with one attached hydrogen (secondary N) is 1. The van der Waals surface area contributed by atoms with Crippen LogP contribution in [0.4, 0.5) is 4.39 Å². The van der Waals surface area contributed by atoms with E-state index >= 15 is 0 Å². The van der Waals surface area contributed by atoms with E-state index in [0.29, 0.717) is 22.8 Å². The predicted octanol–water partition coefficient (Wildman–Crippen LogP) is 4.63. The zero-order chi connectivity index (χ0) is 21.6. The lowest BCUT2D eigenvalue weighted by molar-refractivity contribution is -0.118. The maximum absolute atomic E-state index is 14.5. The molecule has 0 atom stereocenters. The molecule has 158 valence electrons. The minimum Gasteiger partial charge on any atom is -0.355 e. The number of carbonyl (C=O) groups excluding carboxylic acids is 1. The molecule has 0 fully saturated rings. The molecule has 31 heavy (non-hydrogen) atoms. The summed E-state index contributed by atoms with van der Waals surface area (Å²) in [6.45, 7) is 2.73. The molecule has 0 aliphatic rings. The number of thioether (sulfide) groups is 1. The lowest BCUT2D eigenvalue weighted by Crippen LogP contribution is -2.26. The molecule has 1 amide bonds. The van der Waals surface area contributed by atoms with E-state index in [-0.39, 0.29) is 17.5 Å². The van der Waals surface area contributed by atoms with Crippen molar-refractivity contribution >= 4 is 28.7 Å². The van der Waals surface area contributed by atoms with Gasteiger partial charge in [-0.2, -0.15) is 5.10 Å². The Morgan fingerprint density at radius 1 is 1.10 bits per heavy atom. The molecule has 0 saturated carbocycles. The van der Waals surface area contributed by atoms with Crippen LogP contribution in [-0.4, -0.2) is 38.0 Å². The van der Waals surface area contributed by atoms with Crippen LogP contribution in [0.1, 0.15) is 19.8 Å². The molecule has 0 bridgehead atoms. The fourth-order valence-corrected chi connectivity index (χ4v) is 3.92. The van der Waals surface area contributed by atoms with E-state index < -0.39 is 5.82 Å². The van der Waals surface area contributed by atoms with Crippen LogP contribution < -0.4 is 5.32 Å². The lowest BCUT2D eigenvalue weighted by atomic mass is 10.2. The van der Waals surface area contributed by atoms with Crippen molar-refractivity contribution in [2.24, 2.45) is 0 Å². The molecule has 0 radical (unpaired) electrons. The Labute approximate surface area is 183 Å². The molecule has 2 aromatic carbocycles. The molecule has 0 aliphatic carbocycles. The summed E-state index contributed by atoms with van der Waals surface area (Å²) in [5, 5.41) is 8.69. The summed E-state index contributed by atoms with van der Waals surface area (Å²) in [5.74, 6) is 0.00874. The van der Waals surface area contributed by atoms with Gasteiger partial charge in [-0.3, -0.25) is 4.79 Å². The molecule has 0 aliphatic heterocycles. The van der Waals surface area contributed by atoms with E-state index in [1.54, 1.807) is 29.1 Å². The van der Waals surface area contributed by atoms with Gasteiger partial charge in [0.15, 0.2) is 11.5 Å². The summed E-state index contributed by atoms with van der Waals surface area (Å²) >= 11 is 1.30. The molecule has 0 unspecified atom stereocenters. The summed E-state index contributed by atoms with van der Waals surface area (Å²) < 4.78 is 16.2. The number of rotatable bonds is 8. The first-order chi connectivity index (χ1) is 15.2.